The van der Waals surface area contributed by atoms with Crippen LogP contribution in [0.5, 0.6) is 11.5 Å². The first-order valence-corrected chi connectivity index (χ1v) is 10.3. The second kappa shape index (κ2) is 8.26. The van der Waals surface area contributed by atoms with Crippen molar-refractivity contribution >= 4 is 72.4 Å². The van der Waals surface area contributed by atoms with Crippen LogP contribution in [0.3, 0.4) is 0 Å². The molecule has 2 amide bonds. The molecule has 0 aromatic heterocycles. The Hall–Kier alpha value is -1.48. The van der Waals surface area contributed by atoms with Gasteiger partial charge in [0, 0.05) is 9.50 Å². The monoisotopic (exact) mass is 531 g/mol. The topological polar surface area (TPSA) is 66.8 Å². The molecule has 0 unspecified atom stereocenters. The highest BCUT2D eigenvalue weighted by Crippen LogP contribution is 2.43. The Morgan fingerprint density at radius 3 is 2.52 bits per heavy atom. The molecular weight excluding hydrogens is 522 g/mol. The number of amides is 2. The molecule has 5 nitrogen and oxygen atoms in total. The average Bonchev–Trinajstić information content (AvgIpc) is 2.91. The fourth-order valence-corrected chi connectivity index (χ4v) is 4.22. The lowest BCUT2D eigenvalue weighted by atomic mass is 10.1. The first-order valence-electron chi connectivity index (χ1n) is 7.56. The summed E-state index contributed by atoms with van der Waals surface area (Å²) in [4.78, 5) is 26.5. The number of nitrogens with zero attached hydrogens (tertiary/aromatic N) is 1. The minimum absolute atomic E-state index is 0.0580. The summed E-state index contributed by atoms with van der Waals surface area (Å²) in [5, 5.41) is 10.3. The van der Waals surface area contributed by atoms with Crippen LogP contribution < -0.4 is 4.74 Å². The van der Waals surface area contributed by atoms with Gasteiger partial charge in [0.05, 0.1) is 23.0 Å². The standard InChI is InChI=1S/C18H12Br2ClNO4S/c1-26-12-6-10(14(19)15(20)16(12)23)7-13-17(24)22(18(25)27-13)8-9-2-4-11(21)5-3-9/h2-7,23H,8H2,1H3/b13-7-. The molecule has 2 aromatic rings. The van der Waals surface area contributed by atoms with E-state index in [1.54, 1.807) is 36.4 Å². The van der Waals surface area contributed by atoms with E-state index in [2.05, 4.69) is 31.9 Å². The van der Waals surface area contributed by atoms with Crippen LogP contribution in [-0.2, 0) is 11.3 Å². The molecule has 2 aromatic carbocycles. The summed E-state index contributed by atoms with van der Waals surface area (Å²) in [6, 6.07) is 8.55. The van der Waals surface area contributed by atoms with Crippen molar-refractivity contribution in [1.29, 1.82) is 0 Å². The predicted octanol–water partition coefficient (Wildman–Crippen LogP) is 5.82. The summed E-state index contributed by atoms with van der Waals surface area (Å²) in [7, 11) is 1.43. The molecule has 0 atom stereocenters. The van der Waals surface area contributed by atoms with Gasteiger partial charge in [-0.25, -0.2) is 0 Å². The van der Waals surface area contributed by atoms with E-state index in [-0.39, 0.29) is 34.1 Å². The summed E-state index contributed by atoms with van der Waals surface area (Å²) < 4.78 is 6.08. The number of halogens is 3. The number of hydrogen-bond donors (Lipinski definition) is 1. The minimum atomic E-state index is -0.380. The molecule has 140 valence electrons. The zero-order valence-electron chi connectivity index (χ0n) is 13.8. The number of aromatic hydroxyl groups is 1. The average molecular weight is 534 g/mol. The van der Waals surface area contributed by atoms with Crippen molar-refractivity contribution in [3.63, 3.8) is 0 Å². The number of carbonyl (C=O) groups is 2. The van der Waals surface area contributed by atoms with Crippen molar-refractivity contribution in [3.8, 4) is 11.5 Å². The van der Waals surface area contributed by atoms with Crippen molar-refractivity contribution in [2.45, 2.75) is 6.54 Å². The molecule has 1 saturated heterocycles. The highest BCUT2D eigenvalue weighted by Gasteiger charge is 2.35. The van der Waals surface area contributed by atoms with Gasteiger partial charge in [-0.2, -0.15) is 0 Å². The molecule has 1 aliphatic rings. The Morgan fingerprint density at radius 1 is 1.22 bits per heavy atom. The molecule has 0 saturated carbocycles. The number of thioether (sulfide) groups is 1. The predicted molar refractivity (Wildman–Crippen MR) is 113 cm³/mol. The van der Waals surface area contributed by atoms with Crippen LogP contribution in [0.15, 0.2) is 44.2 Å². The van der Waals surface area contributed by atoms with Crippen molar-refractivity contribution in [2.75, 3.05) is 7.11 Å². The van der Waals surface area contributed by atoms with Gasteiger partial charge in [0.2, 0.25) is 0 Å². The number of phenolic OH excluding ortho intramolecular Hbond substituents is 1. The molecule has 0 bridgehead atoms. The highest BCUT2D eigenvalue weighted by atomic mass is 79.9. The quantitative estimate of drug-likeness (QED) is 0.502. The van der Waals surface area contributed by atoms with E-state index in [0.29, 0.717) is 19.5 Å². The number of carbonyl (C=O) groups excluding carboxylic acids is 2. The van der Waals surface area contributed by atoms with Crippen LogP contribution in [0.25, 0.3) is 6.08 Å². The van der Waals surface area contributed by atoms with Gasteiger partial charge < -0.3 is 9.84 Å². The van der Waals surface area contributed by atoms with Gasteiger partial charge in [0.15, 0.2) is 11.5 Å². The number of phenols is 1. The fraction of sp³-hybridized carbons (Fsp3) is 0.111. The van der Waals surface area contributed by atoms with Gasteiger partial charge in [-0.3, -0.25) is 14.5 Å². The summed E-state index contributed by atoms with van der Waals surface area (Å²) in [5.74, 6) is -0.191. The van der Waals surface area contributed by atoms with Gasteiger partial charge >= 0.3 is 0 Å². The van der Waals surface area contributed by atoms with Crippen LogP contribution in [0.4, 0.5) is 4.79 Å². The molecule has 1 heterocycles. The molecule has 0 spiro atoms. The number of ether oxygens (including phenoxy) is 1. The van der Waals surface area contributed by atoms with Crippen LogP contribution in [-0.4, -0.2) is 28.3 Å². The molecule has 27 heavy (non-hydrogen) atoms. The zero-order valence-corrected chi connectivity index (χ0v) is 18.6. The SMILES string of the molecule is COc1cc(/C=C2\SC(=O)N(Cc3ccc(Cl)cc3)C2=O)c(Br)c(Br)c1O. The van der Waals surface area contributed by atoms with Gasteiger partial charge in [0.1, 0.15) is 0 Å². The molecule has 9 heteroatoms. The van der Waals surface area contributed by atoms with Crippen LogP contribution in [0.2, 0.25) is 5.02 Å². The van der Waals surface area contributed by atoms with Gasteiger partial charge in [-0.1, -0.05) is 23.7 Å². The van der Waals surface area contributed by atoms with E-state index >= 15 is 0 Å². The zero-order chi connectivity index (χ0) is 19.7. The van der Waals surface area contributed by atoms with E-state index in [9.17, 15) is 14.7 Å². The number of hydrogen-bond acceptors (Lipinski definition) is 5. The number of methoxy groups -OCH3 is 1. The molecule has 1 fully saturated rings. The van der Waals surface area contributed by atoms with Crippen molar-refractivity contribution < 1.29 is 19.4 Å². The van der Waals surface area contributed by atoms with E-state index in [1.165, 1.54) is 12.0 Å². The normalized spacial score (nSPS) is 15.7. The van der Waals surface area contributed by atoms with E-state index in [0.717, 1.165) is 17.3 Å². The minimum Gasteiger partial charge on any atom is -0.503 e. The Labute approximate surface area is 181 Å². The van der Waals surface area contributed by atoms with Crippen LogP contribution in [0.1, 0.15) is 11.1 Å². The molecule has 1 N–H and O–H groups in total. The molecule has 0 aliphatic carbocycles. The Kier molecular flexibility index (Phi) is 6.20. The highest BCUT2D eigenvalue weighted by molar-refractivity contribution is 9.13. The van der Waals surface area contributed by atoms with Crippen molar-refractivity contribution in [2.24, 2.45) is 0 Å². The summed E-state index contributed by atoms with van der Waals surface area (Å²) in [5.41, 5.74) is 1.40. The van der Waals surface area contributed by atoms with Crippen LogP contribution >= 0.6 is 55.2 Å². The molecular formula is C18H12Br2ClNO4S. The maximum Gasteiger partial charge on any atom is 0.293 e. The third kappa shape index (κ3) is 4.18. The maximum absolute atomic E-state index is 12.7. The molecule has 3 rings (SSSR count). The van der Waals surface area contributed by atoms with Gasteiger partial charge in [-0.15, -0.1) is 0 Å². The van der Waals surface area contributed by atoms with E-state index < -0.39 is 0 Å². The summed E-state index contributed by atoms with van der Waals surface area (Å²) >= 11 is 13.4. The Morgan fingerprint density at radius 2 is 1.89 bits per heavy atom. The summed E-state index contributed by atoms with van der Waals surface area (Å²) in [6.07, 6.45) is 1.59. The van der Waals surface area contributed by atoms with Crippen LogP contribution in [0, 0.1) is 0 Å². The second-order valence-electron chi connectivity index (χ2n) is 5.54. The molecule has 0 radical (unpaired) electrons. The Balaban J connectivity index is 1.90. The van der Waals surface area contributed by atoms with Crippen molar-refractivity contribution in [3.05, 3.63) is 60.3 Å². The van der Waals surface area contributed by atoms with Crippen molar-refractivity contribution in [1.82, 2.24) is 4.90 Å². The first kappa shape index (κ1) is 20.3. The number of rotatable bonds is 4. The van der Waals surface area contributed by atoms with Gasteiger partial charge in [-0.05, 0) is 79.0 Å². The lowest BCUT2D eigenvalue weighted by molar-refractivity contribution is -0.123. The number of benzene rings is 2. The first-order chi connectivity index (χ1) is 12.8. The van der Waals surface area contributed by atoms with E-state index in [1.807, 2.05) is 0 Å². The molecule has 1 aliphatic heterocycles. The smallest absolute Gasteiger partial charge is 0.293 e. The Bertz CT molecular complexity index is 963. The number of imide groups is 1. The van der Waals surface area contributed by atoms with Gasteiger partial charge in [0.25, 0.3) is 11.1 Å². The lowest BCUT2D eigenvalue weighted by Gasteiger charge is -2.12. The maximum atomic E-state index is 12.7. The lowest BCUT2D eigenvalue weighted by Crippen LogP contribution is -2.27. The third-order valence-electron chi connectivity index (χ3n) is 3.81. The fourth-order valence-electron chi connectivity index (χ4n) is 2.42. The third-order valence-corrected chi connectivity index (χ3v) is 7.13. The summed E-state index contributed by atoms with van der Waals surface area (Å²) in [6.45, 7) is 0.170. The second-order valence-corrected chi connectivity index (χ2v) is 8.55. The largest absolute Gasteiger partial charge is 0.503 e. The van der Waals surface area contributed by atoms with E-state index in [4.69, 9.17) is 16.3 Å².